The molecule has 0 bridgehead atoms. The Bertz CT molecular complexity index is 248. The van der Waals surface area contributed by atoms with Gasteiger partial charge in [-0.05, 0) is 17.5 Å². The van der Waals surface area contributed by atoms with Crippen LogP contribution in [0.4, 0.5) is 0 Å². The third-order valence-electron chi connectivity index (χ3n) is 1.73. The van der Waals surface area contributed by atoms with Crippen LogP contribution in [0, 0.1) is 0 Å². The Kier molecular flexibility index (Phi) is 4.36. The van der Waals surface area contributed by atoms with E-state index >= 15 is 0 Å². The van der Waals surface area contributed by atoms with E-state index in [2.05, 4.69) is 37.4 Å². The number of benzene rings is 1. The largest absolute Gasteiger partial charge is 0.130 e. The summed E-state index contributed by atoms with van der Waals surface area (Å²) < 4.78 is 0. The molecule has 0 radical (unpaired) electrons. The molecule has 0 nitrogen and oxygen atoms in total. The molecule has 0 spiro atoms. The van der Waals surface area contributed by atoms with Gasteiger partial charge in [-0.15, -0.1) is 23.4 Å². The van der Waals surface area contributed by atoms with Gasteiger partial charge in [-0.1, -0.05) is 31.3 Å². The van der Waals surface area contributed by atoms with Crippen molar-refractivity contribution in [3.8, 4) is 0 Å². The number of hydrogen-bond donors (Lipinski definition) is 0. The first-order chi connectivity index (χ1) is 6.14. The van der Waals surface area contributed by atoms with Crippen LogP contribution in [0.3, 0.4) is 0 Å². The zero-order chi connectivity index (χ0) is 9.73. The Morgan fingerprint density at radius 2 is 1.85 bits per heavy atom. The highest BCUT2D eigenvalue weighted by molar-refractivity contribution is 8.01. The highest BCUT2D eigenvalue weighted by atomic mass is 35.5. The molecular formula is C10H15ClSSi. The molecule has 0 fully saturated rings. The zero-order valence-electron chi connectivity index (χ0n) is 8.09. The van der Waals surface area contributed by atoms with E-state index in [-0.39, 0.29) is 0 Å². The smallest absolute Gasteiger partial charge is 0.0744 e. The number of hydrogen-bond acceptors (Lipinski definition) is 1. The van der Waals surface area contributed by atoms with Gasteiger partial charge in [-0.2, -0.15) is 0 Å². The Morgan fingerprint density at radius 3 is 2.38 bits per heavy atom. The molecule has 1 aromatic carbocycles. The fourth-order valence-corrected chi connectivity index (χ4v) is 4.42. The predicted octanol–water partition coefficient (Wildman–Crippen LogP) is 3.80. The van der Waals surface area contributed by atoms with Crippen molar-refractivity contribution >= 4 is 31.4 Å². The van der Waals surface area contributed by atoms with Crippen LogP contribution in [0.15, 0.2) is 35.2 Å². The first kappa shape index (κ1) is 11.2. The van der Waals surface area contributed by atoms with Gasteiger partial charge in [0.25, 0.3) is 0 Å². The second kappa shape index (κ2) is 5.08. The minimum atomic E-state index is -1.13. The standard InChI is InChI=1S/C10H15ClSSi/c1-13(2,8-11)9-12-10-6-4-3-5-7-10/h3-7H,8-9H2,1-2H3. The van der Waals surface area contributed by atoms with Crippen LogP contribution >= 0.6 is 23.4 Å². The molecule has 0 aliphatic rings. The summed E-state index contributed by atoms with van der Waals surface area (Å²) in [5, 5.41) is 1.21. The van der Waals surface area contributed by atoms with Crippen molar-refractivity contribution in [1.82, 2.24) is 0 Å². The van der Waals surface area contributed by atoms with Crippen LogP contribution < -0.4 is 0 Å². The molecule has 0 unspecified atom stereocenters. The lowest BCUT2D eigenvalue weighted by molar-refractivity contribution is 1.46. The van der Waals surface area contributed by atoms with E-state index in [1.54, 1.807) is 0 Å². The minimum Gasteiger partial charge on any atom is -0.130 e. The molecule has 1 aromatic rings. The fourth-order valence-electron chi connectivity index (χ4n) is 0.834. The van der Waals surface area contributed by atoms with Crippen molar-refractivity contribution in [3.05, 3.63) is 30.3 Å². The number of alkyl halides is 1. The van der Waals surface area contributed by atoms with Gasteiger partial charge in [0.15, 0.2) is 0 Å². The summed E-state index contributed by atoms with van der Waals surface area (Å²) in [6, 6.07) is 10.5. The maximum atomic E-state index is 5.91. The van der Waals surface area contributed by atoms with Crippen LogP contribution in [0.25, 0.3) is 0 Å². The first-order valence-electron chi connectivity index (χ1n) is 4.38. The van der Waals surface area contributed by atoms with Crippen molar-refractivity contribution in [2.24, 2.45) is 0 Å². The second-order valence-corrected chi connectivity index (χ2v) is 11.2. The number of rotatable bonds is 4. The molecule has 0 aromatic heterocycles. The summed E-state index contributed by atoms with van der Waals surface area (Å²) >= 11 is 7.84. The van der Waals surface area contributed by atoms with E-state index in [1.165, 1.54) is 10.3 Å². The monoisotopic (exact) mass is 230 g/mol. The minimum absolute atomic E-state index is 0.854. The van der Waals surface area contributed by atoms with E-state index in [4.69, 9.17) is 11.6 Å². The molecule has 3 heteroatoms. The van der Waals surface area contributed by atoms with Crippen LogP contribution in [-0.2, 0) is 0 Å². The van der Waals surface area contributed by atoms with Gasteiger partial charge in [0.05, 0.1) is 8.07 Å². The first-order valence-corrected chi connectivity index (χ1v) is 9.31. The maximum absolute atomic E-state index is 5.91. The van der Waals surface area contributed by atoms with Gasteiger partial charge in [0.1, 0.15) is 0 Å². The Hall–Kier alpha value is 0.0769. The Labute approximate surface area is 90.7 Å². The van der Waals surface area contributed by atoms with E-state index in [9.17, 15) is 0 Å². The average Bonchev–Trinajstić information content (AvgIpc) is 2.17. The van der Waals surface area contributed by atoms with Crippen LogP contribution in [0.2, 0.25) is 13.1 Å². The van der Waals surface area contributed by atoms with Gasteiger partial charge in [-0.3, -0.25) is 0 Å². The fraction of sp³-hybridized carbons (Fsp3) is 0.400. The van der Waals surface area contributed by atoms with Crippen molar-refractivity contribution in [2.45, 2.75) is 18.0 Å². The Balaban J connectivity index is 2.44. The second-order valence-electron chi connectivity index (χ2n) is 3.90. The molecule has 0 heterocycles. The number of halogens is 1. The summed E-state index contributed by atoms with van der Waals surface area (Å²) in [5.41, 5.74) is 0.854. The van der Waals surface area contributed by atoms with Crippen LogP contribution in [-0.4, -0.2) is 19.0 Å². The Morgan fingerprint density at radius 1 is 1.23 bits per heavy atom. The SMILES string of the molecule is C[Si](C)(CCl)CSc1ccccc1. The third-order valence-corrected chi connectivity index (χ3v) is 8.94. The van der Waals surface area contributed by atoms with Gasteiger partial charge in [0, 0.05) is 10.4 Å². The molecule has 0 saturated carbocycles. The molecule has 0 amide bonds. The van der Waals surface area contributed by atoms with Crippen LogP contribution in [0.1, 0.15) is 0 Å². The van der Waals surface area contributed by atoms with Crippen molar-refractivity contribution in [1.29, 1.82) is 0 Å². The molecule has 0 aliphatic heterocycles. The quantitative estimate of drug-likeness (QED) is 0.431. The van der Waals surface area contributed by atoms with Gasteiger partial charge in [0.2, 0.25) is 0 Å². The van der Waals surface area contributed by atoms with E-state index in [0.717, 1.165) is 5.50 Å². The normalized spacial score (nSPS) is 11.6. The topological polar surface area (TPSA) is 0 Å². The van der Waals surface area contributed by atoms with Gasteiger partial charge >= 0.3 is 0 Å². The lowest BCUT2D eigenvalue weighted by Gasteiger charge is -2.17. The molecule has 0 atom stereocenters. The van der Waals surface area contributed by atoms with E-state index in [0.29, 0.717) is 0 Å². The predicted molar refractivity (Wildman–Crippen MR) is 65.4 cm³/mol. The molecule has 1 rings (SSSR count). The van der Waals surface area contributed by atoms with Crippen molar-refractivity contribution in [2.75, 3.05) is 10.9 Å². The molecule has 0 saturated heterocycles. The average molecular weight is 231 g/mol. The van der Waals surface area contributed by atoms with Crippen molar-refractivity contribution < 1.29 is 0 Å². The summed E-state index contributed by atoms with van der Waals surface area (Å²) in [7, 11) is -1.13. The molecular weight excluding hydrogens is 216 g/mol. The zero-order valence-corrected chi connectivity index (χ0v) is 10.7. The highest BCUT2D eigenvalue weighted by Crippen LogP contribution is 2.21. The summed E-state index contributed by atoms with van der Waals surface area (Å²) in [4.78, 5) is 1.35. The number of thioether (sulfide) groups is 1. The van der Waals surface area contributed by atoms with E-state index < -0.39 is 8.07 Å². The maximum Gasteiger partial charge on any atom is 0.0744 e. The third kappa shape index (κ3) is 4.21. The molecule has 0 aliphatic carbocycles. The summed E-state index contributed by atoms with van der Waals surface area (Å²) in [6.07, 6.45) is 0. The molecule has 13 heavy (non-hydrogen) atoms. The lowest BCUT2D eigenvalue weighted by atomic mass is 10.4. The summed E-state index contributed by atoms with van der Waals surface area (Å²) in [5.74, 6) is 0. The van der Waals surface area contributed by atoms with E-state index in [1.807, 2.05) is 17.8 Å². The summed E-state index contributed by atoms with van der Waals surface area (Å²) in [6.45, 7) is 4.66. The molecule has 72 valence electrons. The highest BCUT2D eigenvalue weighted by Gasteiger charge is 2.19. The van der Waals surface area contributed by atoms with Gasteiger partial charge in [-0.25, -0.2) is 0 Å². The van der Waals surface area contributed by atoms with Crippen molar-refractivity contribution in [3.63, 3.8) is 0 Å². The van der Waals surface area contributed by atoms with Gasteiger partial charge < -0.3 is 0 Å². The molecule has 0 N–H and O–H groups in total. The lowest BCUT2D eigenvalue weighted by Crippen LogP contribution is -2.32. The van der Waals surface area contributed by atoms with Crippen LogP contribution in [0.5, 0.6) is 0 Å².